The van der Waals surface area contributed by atoms with Gasteiger partial charge < -0.3 is 15.0 Å². The highest BCUT2D eigenvalue weighted by atomic mass is 35.5. The second kappa shape index (κ2) is 8.06. The topological polar surface area (TPSA) is 53.9 Å². The normalized spacial score (nSPS) is 15.2. The first-order chi connectivity index (χ1) is 13.2. The predicted octanol–water partition coefficient (Wildman–Crippen LogP) is 4.51. The quantitative estimate of drug-likeness (QED) is 0.776. The molecule has 0 radical (unpaired) electrons. The Morgan fingerprint density at radius 2 is 1.96 bits per heavy atom. The summed E-state index contributed by atoms with van der Waals surface area (Å²) in [4.78, 5) is 18.8. The van der Waals surface area contributed by atoms with Gasteiger partial charge in [0.2, 0.25) is 5.91 Å². The van der Waals surface area contributed by atoms with Gasteiger partial charge in [-0.3, -0.25) is 9.79 Å². The third-order valence-electron chi connectivity index (χ3n) is 4.25. The molecular weight excluding hydrogens is 382 g/mol. The standard InChI is InChI=1S/C20H18ClN3O2S/c21-15-3-1-14(2-4-15)12-26-18-7-5-16(6-8-18)23-19(25)11-17-13-27-20-22-9-10-24(17)20/h1-8,13H,9-12H2,(H,23,25). The fourth-order valence-electron chi connectivity index (χ4n) is 2.87. The van der Waals surface area contributed by atoms with Crippen LogP contribution in [0.25, 0.3) is 0 Å². The molecule has 5 nitrogen and oxygen atoms in total. The lowest BCUT2D eigenvalue weighted by molar-refractivity contribution is -0.115. The lowest BCUT2D eigenvalue weighted by Gasteiger charge is -2.16. The Morgan fingerprint density at radius 3 is 2.74 bits per heavy atom. The van der Waals surface area contributed by atoms with Gasteiger partial charge in [0.1, 0.15) is 12.4 Å². The minimum atomic E-state index is -0.0372. The SMILES string of the molecule is O=C(CC1=CSC2=NCCN12)Nc1ccc(OCc2ccc(Cl)cc2)cc1. The predicted molar refractivity (Wildman–Crippen MR) is 110 cm³/mol. The molecule has 0 bridgehead atoms. The van der Waals surface area contributed by atoms with E-state index in [1.807, 2.05) is 53.9 Å². The number of benzene rings is 2. The summed E-state index contributed by atoms with van der Waals surface area (Å²) >= 11 is 7.46. The molecule has 0 atom stereocenters. The number of rotatable bonds is 6. The van der Waals surface area contributed by atoms with Crippen LogP contribution in [0.2, 0.25) is 5.02 Å². The third-order valence-corrected chi connectivity index (χ3v) is 5.45. The molecule has 0 unspecified atom stereocenters. The van der Waals surface area contributed by atoms with Crippen LogP contribution in [0, 0.1) is 0 Å². The average Bonchev–Trinajstić information content (AvgIpc) is 3.28. The van der Waals surface area contributed by atoms with Gasteiger partial charge in [0.25, 0.3) is 0 Å². The van der Waals surface area contributed by atoms with E-state index in [1.165, 1.54) is 0 Å². The number of amides is 1. The fourth-order valence-corrected chi connectivity index (χ4v) is 3.95. The first-order valence-electron chi connectivity index (χ1n) is 8.62. The maximum absolute atomic E-state index is 12.3. The van der Waals surface area contributed by atoms with Crippen LogP contribution in [0.5, 0.6) is 5.75 Å². The summed E-state index contributed by atoms with van der Waals surface area (Å²) in [6.45, 7) is 2.13. The van der Waals surface area contributed by atoms with Crippen LogP contribution in [0.1, 0.15) is 12.0 Å². The number of thioether (sulfide) groups is 1. The van der Waals surface area contributed by atoms with Gasteiger partial charge in [0.15, 0.2) is 5.17 Å². The molecule has 0 aromatic heterocycles. The van der Waals surface area contributed by atoms with Crippen molar-refractivity contribution in [2.75, 3.05) is 18.4 Å². The van der Waals surface area contributed by atoms with Crippen molar-refractivity contribution in [2.45, 2.75) is 13.0 Å². The van der Waals surface area contributed by atoms with Gasteiger partial charge in [-0.2, -0.15) is 0 Å². The van der Waals surface area contributed by atoms with Gasteiger partial charge in [-0.25, -0.2) is 0 Å². The molecule has 1 amide bonds. The first kappa shape index (κ1) is 17.9. The number of hydrogen-bond donors (Lipinski definition) is 1. The number of anilines is 1. The van der Waals surface area contributed by atoms with E-state index in [1.54, 1.807) is 11.8 Å². The van der Waals surface area contributed by atoms with Crippen molar-refractivity contribution >= 4 is 40.1 Å². The lowest BCUT2D eigenvalue weighted by Crippen LogP contribution is -2.24. The Bertz CT molecular complexity index is 894. The van der Waals surface area contributed by atoms with Gasteiger partial charge in [-0.15, -0.1) is 0 Å². The molecule has 27 heavy (non-hydrogen) atoms. The van der Waals surface area contributed by atoms with E-state index < -0.39 is 0 Å². The van der Waals surface area contributed by atoms with Crippen molar-refractivity contribution in [1.29, 1.82) is 0 Å². The highest BCUT2D eigenvalue weighted by Crippen LogP contribution is 2.31. The molecule has 0 saturated heterocycles. The monoisotopic (exact) mass is 399 g/mol. The second-order valence-electron chi connectivity index (χ2n) is 6.21. The van der Waals surface area contributed by atoms with E-state index in [0.717, 1.165) is 41.0 Å². The van der Waals surface area contributed by atoms with E-state index in [9.17, 15) is 4.79 Å². The molecule has 1 N–H and O–H groups in total. The molecule has 2 aliphatic heterocycles. The van der Waals surface area contributed by atoms with Crippen LogP contribution in [0.3, 0.4) is 0 Å². The number of aliphatic imine (C=N–C) groups is 1. The summed E-state index contributed by atoms with van der Waals surface area (Å²) in [5.41, 5.74) is 2.81. The van der Waals surface area contributed by atoms with Crippen molar-refractivity contribution in [2.24, 2.45) is 4.99 Å². The summed E-state index contributed by atoms with van der Waals surface area (Å²) in [5, 5.41) is 6.64. The molecule has 4 rings (SSSR count). The largest absolute Gasteiger partial charge is 0.489 e. The van der Waals surface area contributed by atoms with Gasteiger partial charge in [-0.05, 0) is 47.4 Å². The smallest absolute Gasteiger partial charge is 0.230 e. The molecule has 0 fully saturated rings. The van der Waals surface area contributed by atoms with Crippen LogP contribution in [-0.4, -0.2) is 29.1 Å². The number of carbonyl (C=O) groups excluding carboxylic acids is 1. The number of fused-ring (bicyclic) bond motifs is 1. The molecule has 2 aliphatic rings. The van der Waals surface area contributed by atoms with Gasteiger partial charge in [0, 0.05) is 23.0 Å². The minimum Gasteiger partial charge on any atom is -0.489 e. The number of nitrogens with one attached hydrogen (secondary N) is 1. The number of ether oxygens (including phenoxy) is 1. The maximum Gasteiger partial charge on any atom is 0.230 e. The number of nitrogens with zero attached hydrogens (tertiary/aromatic N) is 2. The molecule has 0 saturated carbocycles. The second-order valence-corrected chi connectivity index (χ2v) is 7.48. The Morgan fingerprint density at radius 1 is 1.19 bits per heavy atom. The zero-order chi connectivity index (χ0) is 18.6. The maximum atomic E-state index is 12.3. The van der Waals surface area contributed by atoms with Crippen LogP contribution >= 0.6 is 23.4 Å². The Kier molecular flexibility index (Phi) is 5.36. The van der Waals surface area contributed by atoms with Crippen molar-refractivity contribution in [3.8, 4) is 5.75 Å². The molecule has 2 aromatic carbocycles. The molecule has 7 heteroatoms. The van der Waals surface area contributed by atoms with Crippen molar-refractivity contribution < 1.29 is 9.53 Å². The number of amidine groups is 1. The Balaban J connectivity index is 1.28. The number of hydrogen-bond acceptors (Lipinski definition) is 5. The Hall–Kier alpha value is -2.44. The van der Waals surface area contributed by atoms with Gasteiger partial charge in [0.05, 0.1) is 13.0 Å². The molecule has 138 valence electrons. The van der Waals surface area contributed by atoms with Crippen molar-refractivity contribution in [3.63, 3.8) is 0 Å². The molecule has 2 heterocycles. The highest BCUT2D eigenvalue weighted by molar-refractivity contribution is 8.16. The zero-order valence-corrected chi connectivity index (χ0v) is 16.1. The molecular formula is C20H18ClN3O2S. The van der Waals surface area contributed by atoms with Crippen LogP contribution in [0.4, 0.5) is 5.69 Å². The van der Waals surface area contributed by atoms with Crippen molar-refractivity contribution in [3.05, 3.63) is 70.2 Å². The van der Waals surface area contributed by atoms with Gasteiger partial charge in [-0.1, -0.05) is 35.5 Å². The van der Waals surface area contributed by atoms with Crippen LogP contribution < -0.4 is 10.1 Å². The van der Waals surface area contributed by atoms with E-state index in [2.05, 4.69) is 15.2 Å². The molecule has 0 aliphatic carbocycles. The third kappa shape index (κ3) is 4.46. The van der Waals surface area contributed by atoms with E-state index in [-0.39, 0.29) is 5.91 Å². The summed E-state index contributed by atoms with van der Waals surface area (Å²) in [7, 11) is 0. The van der Waals surface area contributed by atoms with Crippen molar-refractivity contribution in [1.82, 2.24) is 4.90 Å². The van der Waals surface area contributed by atoms with E-state index in [4.69, 9.17) is 16.3 Å². The summed E-state index contributed by atoms with van der Waals surface area (Å²) in [5.74, 6) is 0.709. The summed E-state index contributed by atoms with van der Waals surface area (Å²) < 4.78 is 5.76. The zero-order valence-electron chi connectivity index (χ0n) is 14.5. The fraction of sp³-hybridized carbons (Fsp3) is 0.200. The highest BCUT2D eigenvalue weighted by Gasteiger charge is 2.27. The molecule has 0 spiro atoms. The minimum absolute atomic E-state index is 0.0372. The molecule has 2 aromatic rings. The summed E-state index contributed by atoms with van der Waals surface area (Å²) in [6.07, 6.45) is 0.348. The number of halogens is 1. The van der Waals surface area contributed by atoms with Crippen LogP contribution in [-0.2, 0) is 11.4 Å². The van der Waals surface area contributed by atoms with Gasteiger partial charge >= 0.3 is 0 Å². The Labute approximate surface area is 167 Å². The lowest BCUT2D eigenvalue weighted by atomic mass is 10.2. The first-order valence-corrected chi connectivity index (χ1v) is 9.88. The van der Waals surface area contributed by atoms with Crippen LogP contribution in [0.15, 0.2) is 64.6 Å². The average molecular weight is 400 g/mol. The summed E-state index contributed by atoms with van der Waals surface area (Å²) in [6, 6.07) is 14.9. The van der Waals surface area contributed by atoms with E-state index in [0.29, 0.717) is 18.1 Å². The van der Waals surface area contributed by atoms with E-state index >= 15 is 0 Å². The number of carbonyl (C=O) groups is 1.